The summed E-state index contributed by atoms with van der Waals surface area (Å²) in [5.41, 5.74) is 1.36. The molecule has 2 rings (SSSR count). The maximum atomic E-state index is 6.21. The van der Waals surface area contributed by atoms with Crippen LogP contribution in [0.4, 0.5) is 5.82 Å². The second kappa shape index (κ2) is 5.04. The average Bonchev–Trinajstić information content (AvgIpc) is 2.31. The normalized spacial score (nSPS) is 19.1. The van der Waals surface area contributed by atoms with Gasteiger partial charge in [-0.15, -0.1) is 0 Å². The number of halogens is 1. The zero-order chi connectivity index (χ0) is 13.3. The van der Waals surface area contributed by atoms with Crippen LogP contribution in [0.25, 0.3) is 0 Å². The van der Waals surface area contributed by atoms with Crippen LogP contribution in [0.1, 0.15) is 45.0 Å². The van der Waals surface area contributed by atoms with E-state index in [1.807, 2.05) is 6.92 Å². The van der Waals surface area contributed by atoms with Crippen molar-refractivity contribution in [2.24, 2.45) is 5.41 Å². The first kappa shape index (κ1) is 13.6. The Morgan fingerprint density at radius 1 is 1.33 bits per heavy atom. The lowest BCUT2D eigenvalue weighted by Gasteiger charge is -2.39. The highest BCUT2D eigenvalue weighted by molar-refractivity contribution is 6.30. The zero-order valence-electron chi connectivity index (χ0n) is 11.8. The molecule has 0 bridgehead atoms. The van der Waals surface area contributed by atoms with E-state index in [9.17, 15) is 0 Å². The fourth-order valence-electron chi connectivity index (χ4n) is 2.59. The van der Waals surface area contributed by atoms with Crippen LogP contribution in [0.15, 0.2) is 0 Å². The second-order valence-corrected chi connectivity index (χ2v) is 6.28. The number of piperidine rings is 1. The summed E-state index contributed by atoms with van der Waals surface area (Å²) in [4.78, 5) is 11.3. The van der Waals surface area contributed by atoms with Crippen LogP contribution in [-0.4, -0.2) is 23.1 Å². The van der Waals surface area contributed by atoms with Gasteiger partial charge < -0.3 is 4.90 Å². The van der Waals surface area contributed by atoms with Crippen molar-refractivity contribution in [3.05, 3.63) is 16.5 Å². The predicted octanol–water partition coefficient (Wildman–Crippen LogP) is 3.63. The lowest BCUT2D eigenvalue weighted by Crippen LogP contribution is -2.41. The van der Waals surface area contributed by atoms with Crippen molar-refractivity contribution < 1.29 is 0 Å². The molecule has 0 atom stereocenters. The third-order valence-corrected chi connectivity index (χ3v) is 3.99. The fraction of sp³-hybridized carbons (Fsp3) is 0.714. The van der Waals surface area contributed by atoms with E-state index >= 15 is 0 Å². The van der Waals surface area contributed by atoms with E-state index in [4.69, 9.17) is 11.6 Å². The van der Waals surface area contributed by atoms with E-state index in [0.717, 1.165) is 36.7 Å². The Morgan fingerprint density at radius 3 is 2.67 bits per heavy atom. The average molecular weight is 268 g/mol. The Hall–Kier alpha value is -0.830. The van der Waals surface area contributed by atoms with Crippen LogP contribution in [-0.2, 0) is 6.42 Å². The van der Waals surface area contributed by atoms with Gasteiger partial charge in [0.2, 0.25) is 0 Å². The van der Waals surface area contributed by atoms with Gasteiger partial charge in [-0.3, -0.25) is 0 Å². The summed E-state index contributed by atoms with van der Waals surface area (Å²) in [5.74, 6) is 1.86. The van der Waals surface area contributed by atoms with E-state index < -0.39 is 0 Å². The number of aromatic nitrogens is 2. The molecule has 0 unspecified atom stereocenters. The summed E-state index contributed by atoms with van der Waals surface area (Å²) in [6.07, 6.45) is 3.32. The molecule has 4 heteroatoms. The third kappa shape index (κ3) is 2.77. The zero-order valence-corrected chi connectivity index (χ0v) is 12.5. The third-order valence-electron chi connectivity index (χ3n) is 3.62. The molecule has 0 radical (unpaired) electrons. The van der Waals surface area contributed by atoms with Gasteiger partial charge in [-0.25, -0.2) is 9.97 Å². The van der Waals surface area contributed by atoms with E-state index in [2.05, 4.69) is 35.6 Å². The SMILES string of the molecule is CCc1nc(Cl)c(C)c(N2CCCC(C)(C)C2)n1. The van der Waals surface area contributed by atoms with Crippen molar-refractivity contribution in [3.8, 4) is 0 Å². The lowest BCUT2D eigenvalue weighted by atomic mass is 9.84. The lowest BCUT2D eigenvalue weighted by molar-refractivity contribution is 0.291. The highest BCUT2D eigenvalue weighted by atomic mass is 35.5. The molecule has 1 aromatic rings. The topological polar surface area (TPSA) is 29.0 Å². The smallest absolute Gasteiger partial charge is 0.137 e. The Kier molecular flexibility index (Phi) is 3.81. The minimum absolute atomic E-state index is 0.356. The monoisotopic (exact) mass is 267 g/mol. The molecule has 0 aliphatic carbocycles. The summed E-state index contributed by atoms with van der Waals surface area (Å²) in [6.45, 7) is 10.8. The van der Waals surface area contributed by atoms with Gasteiger partial charge in [-0.2, -0.15) is 0 Å². The highest BCUT2D eigenvalue weighted by Crippen LogP contribution is 2.33. The van der Waals surface area contributed by atoms with Crippen LogP contribution < -0.4 is 4.90 Å². The largest absolute Gasteiger partial charge is 0.356 e. The first-order valence-corrected chi connectivity index (χ1v) is 7.09. The Bertz CT molecular complexity index is 443. The predicted molar refractivity (Wildman–Crippen MR) is 76.4 cm³/mol. The maximum Gasteiger partial charge on any atom is 0.137 e. The van der Waals surface area contributed by atoms with Crippen molar-refractivity contribution in [3.63, 3.8) is 0 Å². The van der Waals surface area contributed by atoms with Crippen LogP contribution in [0, 0.1) is 12.3 Å². The number of anilines is 1. The summed E-state index contributed by atoms with van der Waals surface area (Å²) in [6, 6.07) is 0. The van der Waals surface area contributed by atoms with Gasteiger partial charge in [0, 0.05) is 25.1 Å². The molecular weight excluding hydrogens is 246 g/mol. The first-order valence-electron chi connectivity index (χ1n) is 6.71. The molecule has 18 heavy (non-hydrogen) atoms. The van der Waals surface area contributed by atoms with Crippen molar-refractivity contribution in [2.45, 2.75) is 47.0 Å². The summed E-state index contributed by atoms with van der Waals surface area (Å²) in [7, 11) is 0. The van der Waals surface area contributed by atoms with Crippen molar-refractivity contribution in [1.82, 2.24) is 9.97 Å². The van der Waals surface area contributed by atoms with Crippen molar-refractivity contribution in [2.75, 3.05) is 18.0 Å². The maximum absolute atomic E-state index is 6.21. The fourth-order valence-corrected chi connectivity index (χ4v) is 2.77. The molecule has 2 heterocycles. The number of hydrogen-bond acceptors (Lipinski definition) is 3. The minimum atomic E-state index is 0.356. The number of rotatable bonds is 2. The van der Waals surface area contributed by atoms with E-state index in [1.54, 1.807) is 0 Å². The molecule has 100 valence electrons. The summed E-state index contributed by atoms with van der Waals surface area (Å²) >= 11 is 6.21. The molecule has 0 N–H and O–H groups in total. The van der Waals surface area contributed by atoms with Gasteiger partial charge in [0.25, 0.3) is 0 Å². The molecule has 0 aromatic carbocycles. The molecule has 0 spiro atoms. The first-order chi connectivity index (χ1) is 8.43. The molecule has 0 amide bonds. The van der Waals surface area contributed by atoms with Crippen molar-refractivity contribution in [1.29, 1.82) is 0 Å². The Labute approximate surface area is 115 Å². The molecule has 1 aliphatic rings. The van der Waals surface area contributed by atoms with E-state index in [-0.39, 0.29) is 0 Å². The van der Waals surface area contributed by atoms with E-state index in [0.29, 0.717) is 10.6 Å². The number of hydrogen-bond donors (Lipinski definition) is 0. The van der Waals surface area contributed by atoms with Crippen LogP contribution in [0.2, 0.25) is 5.15 Å². The molecular formula is C14H22ClN3. The molecule has 0 saturated carbocycles. The summed E-state index contributed by atoms with van der Waals surface area (Å²) in [5, 5.41) is 0.597. The Morgan fingerprint density at radius 2 is 2.06 bits per heavy atom. The van der Waals surface area contributed by atoms with Gasteiger partial charge in [0.1, 0.15) is 16.8 Å². The van der Waals surface area contributed by atoms with Crippen LogP contribution >= 0.6 is 11.6 Å². The molecule has 1 saturated heterocycles. The number of nitrogens with zero attached hydrogens (tertiary/aromatic N) is 3. The van der Waals surface area contributed by atoms with Gasteiger partial charge in [0.05, 0.1) is 0 Å². The molecule has 1 fully saturated rings. The molecule has 1 aromatic heterocycles. The van der Waals surface area contributed by atoms with Crippen molar-refractivity contribution >= 4 is 17.4 Å². The molecule has 1 aliphatic heterocycles. The van der Waals surface area contributed by atoms with Gasteiger partial charge in [-0.05, 0) is 25.2 Å². The van der Waals surface area contributed by atoms with E-state index in [1.165, 1.54) is 12.8 Å². The minimum Gasteiger partial charge on any atom is -0.356 e. The highest BCUT2D eigenvalue weighted by Gasteiger charge is 2.28. The van der Waals surface area contributed by atoms with Gasteiger partial charge in [-0.1, -0.05) is 32.4 Å². The van der Waals surface area contributed by atoms with Gasteiger partial charge >= 0.3 is 0 Å². The standard InChI is InChI=1S/C14H22ClN3/c1-5-11-16-12(15)10(2)13(17-11)18-8-6-7-14(3,4)9-18/h5-9H2,1-4H3. The van der Waals surface area contributed by atoms with Crippen LogP contribution in [0.5, 0.6) is 0 Å². The second-order valence-electron chi connectivity index (χ2n) is 5.92. The molecule has 3 nitrogen and oxygen atoms in total. The van der Waals surface area contributed by atoms with Gasteiger partial charge in [0.15, 0.2) is 0 Å². The number of aryl methyl sites for hydroxylation is 1. The summed E-state index contributed by atoms with van der Waals surface area (Å²) < 4.78 is 0. The Balaban J connectivity index is 2.35. The van der Waals surface area contributed by atoms with Crippen LogP contribution in [0.3, 0.4) is 0 Å². The quantitative estimate of drug-likeness (QED) is 0.767.